The van der Waals surface area contributed by atoms with Crippen molar-refractivity contribution in [2.24, 2.45) is 0 Å². The first-order chi connectivity index (χ1) is 25.3. The molecule has 10 nitrogen and oxygen atoms in total. The van der Waals surface area contributed by atoms with E-state index in [2.05, 4.69) is 24.3 Å². The van der Waals surface area contributed by atoms with Gasteiger partial charge in [-0.15, -0.1) is 0 Å². The summed E-state index contributed by atoms with van der Waals surface area (Å²) in [6, 6.07) is 8.87. The Kier molecular flexibility index (Phi) is 10.7. The number of ether oxygens (including phenoxy) is 4. The average Bonchev–Trinajstić information content (AvgIpc) is 3.94. The lowest BCUT2D eigenvalue weighted by molar-refractivity contribution is -0.953. The van der Waals surface area contributed by atoms with Crippen molar-refractivity contribution >= 4 is 0 Å². The summed E-state index contributed by atoms with van der Waals surface area (Å²) in [4.78, 5) is 0. The molecule has 6 heterocycles. The molecule has 4 unspecified atom stereocenters. The zero-order valence-electron chi connectivity index (χ0n) is 30.9. The topological polar surface area (TPSA) is 118 Å². The molecule has 0 aromatic heterocycles. The average molecular weight is 875 g/mol. The molecule has 0 bridgehead atoms. The highest BCUT2D eigenvalue weighted by atomic mass is 79.9. The molecule has 0 spiro atoms. The van der Waals surface area contributed by atoms with Gasteiger partial charge in [0, 0.05) is 24.0 Å². The van der Waals surface area contributed by atoms with Crippen LogP contribution in [0.15, 0.2) is 47.6 Å². The van der Waals surface area contributed by atoms with E-state index in [0.29, 0.717) is 0 Å². The summed E-state index contributed by atoms with van der Waals surface area (Å²) < 4.78 is 24.9. The number of fused-ring (bicyclic) bond motifs is 6. The zero-order chi connectivity index (χ0) is 35.2. The Hall–Kier alpha value is -2.16. The highest BCUT2D eigenvalue weighted by Gasteiger charge is 2.59. The molecule has 10 rings (SSSR count). The van der Waals surface area contributed by atoms with Crippen molar-refractivity contribution in [1.29, 1.82) is 0 Å². The monoisotopic (exact) mass is 872 g/mol. The van der Waals surface area contributed by atoms with Crippen LogP contribution >= 0.6 is 0 Å². The van der Waals surface area contributed by atoms with Gasteiger partial charge in [0.25, 0.3) is 0 Å². The highest BCUT2D eigenvalue weighted by molar-refractivity contribution is 5.54. The Labute approximate surface area is 339 Å². The number of halogens is 2. The minimum atomic E-state index is -0.824. The summed E-state index contributed by atoms with van der Waals surface area (Å²) in [5.74, 6) is 2.88. The lowest BCUT2D eigenvalue weighted by Gasteiger charge is -2.51. The smallest absolute Gasteiger partial charge is 0.231 e. The largest absolute Gasteiger partial charge is 1.00 e. The second-order valence-corrected chi connectivity index (χ2v) is 17.2. The van der Waals surface area contributed by atoms with Crippen molar-refractivity contribution in [2.45, 2.75) is 126 Å². The van der Waals surface area contributed by atoms with E-state index < -0.39 is 24.4 Å². The summed E-state index contributed by atoms with van der Waals surface area (Å²) in [6.45, 7) is 6.70. The normalized spacial score (nSPS) is 35.5. The fourth-order valence-electron chi connectivity index (χ4n) is 12.1. The summed E-state index contributed by atoms with van der Waals surface area (Å²) in [6.07, 6.45) is 12.4. The third-order valence-corrected chi connectivity index (χ3v) is 14.4. The third-order valence-electron chi connectivity index (χ3n) is 14.4. The molecule has 294 valence electrons. The molecule has 2 aliphatic carbocycles. The number of nitrogens with zero attached hydrogens (tertiary/aromatic N) is 2. The van der Waals surface area contributed by atoms with Crippen molar-refractivity contribution in [3.63, 3.8) is 0 Å². The lowest BCUT2D eigenvalue weighted by atomic mass is 9.72. The first-order valence-electron chi connectivity index (χ1n) is 20.0. The number of aliphatic hydroxyl groups excluding tert-OH is 4. The number of benzene rings is 2. The predicted octanol–water partition coefficient (Wildman–Crippen LogP) is -1.33. The van der Waals surface area contributed by atoms with Crippen LogP contribution in [-0.2, 0) is 13.1 Å². The second kappa shape index (κ2) is 15.0. The maximum Gasteiger partial charge on any atom is 0.231 e. The minimum absolute atomic E-state index is 0. The molecule has 2 aromatic carbocycles. The molecule has 2 fully saturated rings. The zero-order valence-corrected chi connectivity index (χ0v) is 34.1. The standard InChI is InChI=1S/C42H54N2O8.2BrH/c45-31-15-25-9-13-43(21-27-17-33-35(51-23-49-33)19-29(27)37(39(25)43)41(31)47)11-7-5-3-1-2-4-6-8-12-44-14-10-26-16-32(46)42(48)38(40(26)44)30-20-36-34(50-24-52-36)18-28(30)22-44;;/h15-20,31-32,37-42,45-48H,1-14,21-24H2;2*1H/q+2;;/p-2/t31-,32-,37-,38-,39?,40?,41+,42+,43?,44?;;/m0../s1. The molecule has 0 radical (unpaired) electrons. The molecule has 0 amide bonds. The SMILES string of the molecule is O[C@@H]1[C@@H](O)C=C2CC[N+]3(CCCCCCCCCC[N+]45CCC6=C[C@H](O)[C@@H](O)[C@@H](c7cc8c(cc7C4)OCO8)C65)Cc4cc5c(cc4[C@H]1C23)OCO5.[Br-].[Br-]. The van der Waals surface area contributed by atoms with Crippen molar-refractivity contribution in [3.05, 3.63) is 69.8 Å². The van der Waals surface area contributed by atoms with Crippen LogP contribution in [0.5, 0.6) is 23.0 Å². The van der Waals surface area contributed by atoms with Gasteiger partial charge in [0.1, 0.15) is 25.2 Å². The van der Waals surface area contributed by atoms with Gasteiger partial charge < -0.3 is 82.3 Å². The molecule has 6 aliphatic heterocycles. The van der Waals surface area contributed by atoms with E-state index in [1.54, 1.807) is 0 Å². The fourth-order valence-corrected chi connectivity index (χ4v) is 12.1. The van der Waals surface area contributed by atoms with Crippen molar-refractivity contribution in [3.8, 4) is 23.0 Å². The summed E-state index contributed by atoms with van der Waals surface area (Å²) >= 11 is 0. The van der Waals surface area contributed by atoms with Crippen LogP contribution < -0.4 is 52.9 Å². The quantitative estimate of drug-likeness (QED) is 0.125. The minimum Gasteiger partial charge on any atom is -1.00 e. The van der Waals surface area contributed by atoms with Gasteiger partial charge in [-0.05, 0) is 84.4 Å². The Morgan fingerprint density at radius 1 is 0.519 bits per heavy atom. The number of unbranched alkanes of at least 4 members (excludes halogenated alkanes) is 7. The van der Waals surface area contributed by atoms with E-state index in [9.17, 15) is 20.4 Å². The van der Waals surface area contributed by atoms with Crippen LogP contribution in [-0.4, -0.2) is 106 Å². The van der Waals surface area contributed by atoms with Gasteiger partial charge in [0.2, 0.25) is 13.6 Å². The second-order valence-electron chi connectivity index (χ2n) is 17.2. The summed E-state index contributed by atoms with van der Waals surface area (Å²) in [5.41, 5.74) is 7.38. The molecular weight excluding hydrogens is 820 g/mol. The van der Waals surface area contributed by atoms with Gasteiger partial charge >= 0.3 is 0 Å². The first kappa shape index (κ1) is 38.7. The van der Waals surface area contributed by atoms with Gasteiger partial charge in [-0.2, -0.15) is 0 Å². The van der Waals surface area contributed by atoms with Gasteiger partial charge in [0.05, 0.1) is 62.4 Å². The van der Waals surface area contributed by atoms with Crippen LogP contribution in [0, 0.1) is 0 Å². The number of rotatable bonds is 11. The van der Waals surface area contributed by atoms with Gasteiger partial charge in [-0.25, -0.2) is 0 Å². The Morgan fingerprint density at radius 3 is 1.30 bits per heavy atom. The molecule has 0 saturated carbocycles. The fraction of sp³-hybridized carbons (Fsp3) is 0.619. The van der Waals surface area contributed by atoms with E-state index in [0.717, 1.165) is 95.2 Å². The molecule has 10 atom stereocenters. The van der Waals surface area contributed by atoms with Crippen LogP contribution in [0.1, 0.15) is 98.3 Å². The maximum atomic E-state index is 11.3. The Balaban J connectivity index is 0.00000207. The van der Waals surface area contributed by atoms with Crippen LogP contribution in [0.3, 0.4) is 0 Å². The first-order valence-corrected chi connectivity index (χ1v) is 20.0. The molecule has 54 heavy (non-hydrogen) atoms. The van der Waals surface area contributed by atoms with E-state index in [1.807, 2.05) is 12.2 Å². The Bertz CT molecular complexity index is 1690. The summed E-state index contributed by atoms with van der Waals surface area (Å²) in [5, 5.41) is 44.2. The third kappa shape index (κ3) is 6.17. The van der Waals surface area contributed by atoms with Crippen LogP contribution in [0.2, 0.25) is 0 Å². The van der Waals surface area contributed by atoms with E-state index in [1.165, 1.54) is 73.6 Å². The van der Waals surface area contributed by atoms with E-state index >= 15 is 0 Å². The molecule has 12 heteroatoms. The molecule has 4 N–H and O–H groups in total. The van der Waals surface area contributed by atoms with E-state index in [-0.39, 0.29) is 71.5 Å². The van der Waals surface area contributed by atoms with Gasteiger partial charge in [-0.3, -0.25) is 0 Å². The molecule has 8 aliphatic rings. The number of aliphatic hydroxyl groups is 4. The van der Waals surface area contributed by atoms with E-state index in [4.69, 9.17) is 18.9 Å². The van der Waals surface area contributed by atoms with Crippen LogP contribution in [0.4, 0.5) is 0 Å². The molecular formula is C42H54Br2N2O8. The lowest BCUT2D eigenvalue weighted by Crippen LogP contribution is -3.00. The molecule has 2 saturated heterocycles. The Morgan fingerprint density at radius 2 is 0.889 bits per heavy atom. The van der Waals surface area contributed by atoms with Gasteiger partial charge in [0.15, 0.2) is 23.0 Å². The highest BCUT2D eigenvalue weighted by Crippen LogP contribution is 2.55. The number of hydrogen-bond acceptors (Lipinski definition) is 8. The number of hydrogen-bond donors (Lipinski definition) is 4. The molecule has 2 aromatic rings. The number of quaternary nitrogens is 2. The van der Waals surface area contributed by atoms with Crippen LogP contribution in [0.25, 0.3) is 0 Å². The predicted molar refractivity (Wildman–Crippen MR) is 192 cm³/mol. The van der Waals surface area contributed by atoms with Gasteiger partial charge in [-0.1, -0.05) is 25.7 Å². The van der Waals surface area contributed by atoms with Crippen molar-refractivity contribution < 1.29 is 82.3 Å². The summed E-state index contributed by atoms with van der Waals surface area (Å²) in [7, 11) is 0. The maximum absolute atomic E-state index is 11.3. The van der Waals surface area contributed by atoms with Crippen molar-refractivity contribution in [2.75, 3.05) is 39.8 Å². The van der Waals surface area contributed by atoms with Crippen molar-refractivity contribution in [1.82, 2.24) is 0 Å².